The number of nitrogens with one attached hydrogen (secondary N) is 4. The lowest BCUT2D eigenvalue weighted by Crippen LogP contribution is -2.45. The number of amides is 1. The van der Waals surface area contributed by atoms with E-state index >= 15 is 0 Å². The Morgan fingerprint density at radius 2 is 2.18 bits per heavy atom. The minimum absolute atomic E-state index is 0.201. The van der Waals surface area contributed by atoms with Crippen molar-refractivity contribution < 1.29 is 4.79 Å². The third-order valence-corrected chi connectivity index (χ3v) is 7.39. The highest BCUT2D eigenvalue weighted by Crippen LogP contribution is 2.38. The number of carbonyl (C=O) groups excluding carboxylic acids is 1. The Bertz CT molecular complexity index is 1350. The summed E-state index contributed by atoms with van der Waals surface area (Å²) in [5.74, 6) is -0.201. The van der Waals surface area contributed by atoms with Crippen LogP contribution in [0.2, 0.25) is 0 Å². The molecule has 0 aliphatic heterocycles. The maximum atomic E-state index is 12.0. The molecule has 0 saturated heterocycles. The van der Waals surface area contributed by atoms with Crippen molar-refractivity contribution in [1.29, 1.82) is 5.26 Å². The summed E-state index contributed by atoms with van der Waals surface area (Å²) in [4.78, 5) is 25.2. The van der Waals surface area contributed by atoms with Crippen LogP contribution in [0.4, 0.5) is 5.69 Å². The second-order valence-corrected chi connectivity index (χ2v) is 9.54. The number of benzene rings is 1. The van der Waals surface area contributed by atoms with Gasteiger partial charge < -0.3 is 15.6 Å². The molecule has 5 rings (SSSR count). The lowest BCUT2D eigenvalue weighted by Gasteiger charge is -2.37. The van der Waals surface area contributed by atoms with E-state index in [0.717, 1.165) is 45.0 Å². The highest BCUT2D eigenvalue weighted by atomic mass is 32.2. The fourth-order valence-corrected chi connectivity index (χ4v) is 5.42. The topological polar surface area (TPSA) is 119 Å². The van der Waals surface area contributed by atoms with Crippen molar-refractivity contribution in [1.82, 2.24) is 25.0 Å². The first-order valence-electron chi connectivity index (χ1n) is 10.5. The number of carbonyl (C=O) groups is 1. The molecule has 10 heteroatoms. The molecule has 8 nitrogen and oxygen atoms in total. The molecule has 1 fully saturated rings. The predicted octanol–water partition coefficient (Wildman–Crippen LogP) is 4.16. The summed E-state index contributed by atoms with van der Waals surface area (Å²) in [6, 6.07) is 12.5. The molecule has 1 saturated carbocycles. The van der Waals surface area contributed by atoms with Gasteiger partial charge in [-0.1, -0.05) is 6.07 Å². The summed E-state index contributed by atoms with van der Waals surface area (Å²) in [6.45, 7) is 0. The predicted molar refractivity (Wildman–Crippen MR) is 131 cm³/mol. The van der Waals surface area contributed by atoms with Gasteiger partial charge in [-0.25, -0.2) is 9.97 Å². The number of thiazole rings is 1. The van der Waals surface area contributed by atoms with Crippen molar-refractivity contribution in [3.05, 3.63) is 59.4 Å². The van der Waals surface area contributed by atoms with E-state index in [1.165, 1.54) is 11.3 Å². The maximum absolute atomic E-state index is 12.0. The minimum atomic E-state index is -0.201. The maximum Gasteiger partial charge on any atom is 0.270 e. The van der Waals surface area contributed by atoms with Gasteiger partial charge in [-0.05, 0) is 49.1 Å². The highest BCUT2D eigenvalue weighted by molar-refractivity contribution is 7.97. The normalized spacial score (nSPS) is 17.3. The molecule has 1 aliphatic carbocycles. The Labute approximate surface area is 199 Å². The van der Waals surface area contributed by atoms with Crippen LogP contribution in [0.3, 0.4) is 0 Å². The van der Waals surface area contributed by atoms with Crippen LogP contribution in [0.1, 0.15) is 28.9 Å². The molecule has 1 amide bonds. The van der Waals surface area contributed by atoms with Crippen molar-refractivity contribution in [3.63, 3.8) is 0 Å². The average molecular weight is 476 g/mol. The van der Waals surface area contributed by atoms with Gasteiger partial charge in [0.1, 0.15) is 16.3 Å². The van der Waals surface area contributed by atoms with E-state index in [4.69, 9.17) is 5.26 Å². The molecule has 3 heterocycles. The Morgan fingerprint density at radius 3 is 3.00 bits per heavy atom. The third kappa shape index (κ3) is 4.43. The van der Waals surface area contributed by atoms with E-state index in [-0.39, 0.29) is 5.91 Å². The molecule has 4 N–H and O–H groups in total. The standard InChI is InChI=1S/C23H21N7OS2/c1-25-22(31)19-12-32-23(29-19)18-11-27-21-17(5-6-26-21)20(18)28-14-8-15(9-14)30-33-16-4-2-3-13(7-16)10-24/h2-7,11-12,14-15,30H,8-9H2,1H3,(H,25,31)(H2,26,27,28)/t14-,15+. The zero-order chi connectivity index (χ0) is 22.8. The Morgan fingerprint density at radius 1 is 1.30 bits per heavy atom. The Hall–Kier alpha value is -3.39. The van der Waals surface area contributed by atoms with Crippen LogP contribution in [0.5, 0.6) is 0 Å². The molecule has 1 aromatic carbocycles. The van der Waals surface area contributed by atoms with Crippen molar-refractivity contribution >= 4 is 45.9 Å². The second kappa shape index (κ2) is 9.23. The van der Waals surface area contributed by atoms with Gasteiger partial charge in [0.05, 0.1) is 22.9 Å². The van der Waals surface area contributed by atoms with Crippen molar-refractivity contribution in [3.8, 4) is 16.6 Å². The minimum Gasteiger partial charge on any atom is -0.381 e. The summed E-state index contributed by atoms with van der Waals surface area (Å²) >= 11 is 3.00. The number of aromatic nitrogens is 3. The second-order valence-electron chi connectivity index (χ2n) is 7.77. The fraction of sp³-hybridized carbons (Fsp3) is 0.217. The smallest absolute Gasteiger partial charge is 0.270 e. The average Bonchev–Trinajstić information content (AvgIpc) is 3.50. The van der Waals surface area contributed by atoms with Gasteiger partial charge >= 0.3 is 0 Å². The molecule has 0 spiro atoms. The van der Waals surface area contributed by atoms with Crippen LogP contribution < -0.4 is 15.4 Å². The van der Waals surface area contributed by atoms with Gasteiger partial charge in [0.2, 0.25) is 0 Å². The number of hydrogen-bond donors (Lipinski definition) is 4. The van der Waals surface area contributed by atoms with E-state index in [2.05, 4.69) is 36.4 Å². The monoisotopic (exact) mass is 475 g/mol. The summed E-state index contributed by atoms with van der Waals surface area (Å²) in [7, 11) is 1.60. The lowest BCUT2D eigenvalue weighted by molar-refractivity contribution is 0.0959. The van der Waals surface area contributed by atoms with Gasteiger partial charge in [0.25, 0.3) is 5.91 Å². The van der Waals surface area contributed by atoms with Gasteiger partial charge in [0.15, 0.2) is 0 Å². The lowest BCUT2D eigenvalue weighted by atomic mass is 9.87. The largest absolute Gasteiger partial charge is 0.381 e. The van der Waals surface area contributed by atoms with Gasteiger partial charge in [0, 0.05) is 47.2 Å². The van der Waals surface area contributed by atoms with E-state index in [0.29, 0.717) is 23.3 Å². The number of anilines is 1. The molecular formula is C23H21N7OS2. The van der Waals surface area contributed by atoms with Gasteiger partial charge in [-0.3, -0.25) is 9.52 Å². The van der Waals surface area contributed by atoms with Gasteiger partial charge in [-0.2, -0.15) is 5.26 Å². The molecule has 0 bridgehead atoms. The molecule has 33 heavy (non-hydrogen) atoms. The molecule has 0 radical (unpaired) electrons. The van der Waals surface area contributed by atoms with Crippen LogP contribution in [-0.2, 0) is 0 Å². The van der Waals surface area contributed by atoms with Crippen LogP contribution in [-0.4, -0.2) is 40.0 Å². The first kappa shape index (κ1) is 21.5. The third-order valence-electron chi connectivity index (χ3n) is 5.57. The Kier molecular flexibility index (Phi) is 6.00. The molecule has 166 valence electrons. The summed E-state index contributed by atoms with van der Waals surface area (Å²) in [6.07, 6.45) is 5.63. The van der Waals surface area contributed by atoms with Crippen LogP contribution in [0.15, 0.2) is 53.0 Å². The summed E-state index contributed by atoms with van der Waals surface area (Å²) in [5, 5.41) is 18.9. The summed E-state index contributed by atoms with van der Waals surface area (Å²) < 4.78 is 3.50. The zero-order valence-corrected chi connectivity index (χ0v) is 19.4. The van der Waals surface area contributed by atoms with E-state index in [9.17, 15) is 4.79 Å². The first-order chi connectivity index (χ1) is 16.1. The quantitative estimate of drug-likeness (QED) is 0.296. The Balaban J connectivity index is 1.29. The number of nitriles is 1. The number of rotatable bonds is 7. The molecule has 0 atom stereocenters. The van der Waals surface area contributed by atoms with Crippen molar-refractivity contribution in [2.24, 2.45) is 0 Å². The summed E-state index contributed by atoms with van der Waals surface area (Å²) in [5.41, 5.74) is 3.75. The van der Waals surface area contributed by atoms with E-state index in [1.807, 2.05) is 36.5 Å². The molecular weight excluding hydrogens is 454 g/mol. The SMILES string of the molecule is CNC(=O)c1csc(-c2cnc3[nH]ccc3c2N[C@H]2C[C@@H](NSc3cccc(C#N)c3)C2)n1. The van der Waals surface area contributed by atoms with Crippen molar-refractivity contribution in [2.45, 2.75) is 29.8 Å². The van der Waals surface area contributed by atoms with E-state index in [1.54, 1.807) is 30.6 Å². The number of aromatic amines is 1. The van der Waals surface area contributed by atoms with Gasteiger partial charge in [-0.15, -0.1) is 11.3 Å². The molecule has 3 aromatic heterocycles. The van der Waals surface area contributed by atoms with Crippen LogP contribution in [0, 0.1) is 11.3 Å². The van der Waals surface area contributed by atoms with Crippen LogP contribution >= 0.6 is 23.3 Å². The molecule has 0 unspecified atom stereocenters. The molecule has 4 aromatic rings. The number of H-pyrrole nitrogens is 1. The number of pyridine rings is 1. The van der Waals surface area contributed by atoms with E-state index < -0.39 is 0 Å². The number of hydrogen-bond acceptors (Lipinski definition) is 8. The number of fused-ring (bicyclic) bond motifs is 1. The van der Waals surface area contributed by atoms with Crippen LogP contribution in [0.25, 0.3) is 21.6 Å². The first-order valence-corrected chi connectivity index (χ1v) is 12.2. The zero-order valence-electron chi connectivity index (χ0n) is 17.8. The number of nitrogens with zero attached hydrogens (tertiary/aromatic N) is 3. The fourth-order valence-electron chi connectivity index (χ4n) is 3.77. The molecule has 1 aliphatic rings. The highest BCUT2D eigenvalue weighted by Gasteiger charge is 2.30. The van der Waals surface area contributed by atoms with Crippen molar-refractivity contribution in [2.75, 3.05) is 12.4 Å².